The van der Waals surface area contributed by atoms with Crippen molar-refractivity contribution >= 4 is 62.2 Å². The number of ether oxygens (including phenoxy) is 1. The van der Waals surface area contributed by atoms with E-state index in [9.17, 15) is 9.59 Å². The van der Waals surface area contributed by atoms with Gasteiger partial charge in [-0.2, -0.15) is 0 Å². The van der Waals surface area contributed by atoms with Crippen molar-refractivity contribution in [1.29, 1.82) is 0 Å². The fourth-order valence-electron chi connectivity index (χ4n) is 3.59. The highest BCUT2D eigenvalue weighted by molar-refractivity contribution is 9.10. The molecule has 3 aromatic carbocycles. The lowest BCUT2D eigenvalue weighted by atomic mass is 10.1. The molecule has 4 rings (SSSR count). The van der Waals surface area contributed by atoms with Crippen LogP contribution in [0.1, 0.15) is 27.8 Å². The summed E-state index contributed by atoms with van der Waals surface area (Å²) in [5, 5.41) is 9.57. The summed E-state index contributed by atoms with van der Waals surface area (Å²) in [5.41, 5.74) is 6.59. The summed E-state index contributed by atoms with van der Waals surface area (Å²) < 4.78 is 6.24. The molecular weight excluding hydrogens is 540 g/mol. The molecule has 6 nitrogen and oxygen atoms in total. The monoisotopic (exact) mass is 564 g/mol. The average molecular weight is 565 g/mol. The molecule has 184 valence electrons. The second-order valence-electron chi connectivity index (χ2n) is 8.55. The van der Waals surface area contributed by atoms with E-state index in [0.29, 0.717) is 21.4 Å². The van der Waals surface area contributed by atoms with Crippen molar-refractivity contribution < 1.29 is 19.4 Å². The summed E-state index contributed by atoms with van der Waals surface area (Å²) in [6.45, 7) is 7.64. The van der Waals surface area contributed by atoms with Gasteiger partial charge in [-0.1, -0.05) is 28.1 Å². The van der Waals surface area contributed by atoms with Gasteiger partial charge in [0.15, 0.2) is 11.8 Å². The number of aliphatic imine (C=N–C) groups is 1. The van der Waals surface area contributed by atoms with Crippen LogP contribution in [0.2, 0.25) is 0 Å². The molecule has 0 aromatic heterocycles. The Morgan fingerprint density at radius 3 is 2.36 bits per heavy atom. The fraction of sp³-hybridized carbons (Fsp3) is 0.179. The van der Waals surface area contributed by atoms with Crippen LogP contribution < -0.4 is 9.64 Å². The van der Waals surface area contributed by atoms with Crippen molar-refractivity contribution in [3.63, 3.8) is 0 Å². The van der Waals surface area contributed by atoms with Gasteiger partial charge >= 0.3 is 5.97 Å². The van der Waals surface area contributed by atoms with Crippen LogP contribution in [-0.4, -0.2) is 28.8 Å². The number of carboxylic acids is 1. The van der Waals surface area contributed by atoms with E-state index < -0.39 is 12.6 Å². The molecule has 36 heavy (non-hydrogen) atoms. The van der Waals surface area contributed by atoms with Gasteiger partial charge in [-0.05, 0) is 110 Å². The van der Waals surface area contributed by atoms with Gasteiger partial charge < -0.3 is 9.84 Å². The Morgan fingerprint density at radius 2 is 1.69 bits per heavy atom. The molecule has 1 fully saturated rings. The van der Waals surface area contributed by atoms with Crippen LogP contribution >= 0.6 is 27.7 Å². The molecule has 1 aliphatic rings. The molecule has 3 aromatic rings. The largest absolute Gasteiger partial charge is 0.481 e. The van der Waals surface area contributed by atoms with Crippen LogP contribution in [0.4, 0.5) is 11.4 Å². The predicted octanol–water partition coefficient (Wildman–Crippen LogP) is 6.95. The van der Waals surface area contributed by atoms with Crippen LogP contribution in [0, 0.1) is 27.7 Å². The van der Waals surface area contributed by atoms with Crippen molar-refractivity contribution in [1.82, 2.24) is 0 Å². The topological polar surface area (TPSA) is 79.2 Å². The molecule has 1 amide bonds. The number of carbonyl (C=O) groups is 2. The number of benzene rings is 3. The summed E-state index contributed by atoms with van der Waals surface area (Å²) in [4.78, 5) is 31.6. The first-order chi connectivity index (χ1) is 17.1. The van der Waals surface area contributed by atoms with E-state index in [-0.39, 0.29) is 5.91 Å². The Kier molecular flexibility index (Phi) is 7.66. The molecule has 0 bridgehead atoms. The lowest BCUT2D eigenvalue weighted by Crippen LogP contribution is -2.28. The number of amides is 1. The quantitative estimate of drug-likeness (QED) is 0.327. The van der Waals surface area contributed by atoms with E-state index >= 15 is 0 Å². The molecule has 0 atom stereocenters. The first-order valence-corrected chi connectivity index (χ1v) is 12.8. The maximum absolute atomic E-state index is 13.7. The predicted molar refractivity (Wildman–Crippen MR) is 149 cm³/mol. The van der Waals surface area contributed by atoms with Gasteiger partial charge in [0.1, 0.15) is 5.75 Å². The molecule has 1 aliphatic heterocycles. The number of rotatable bonds is 6. The zero-order valence-electron chi connectivity index (χ0n) is 20.3. The Morgan fingerprint density at radius 1 is 1.00 bits per heavy atom. The summed E-state index contributed by atoms with van der Waals surface area (Å²) in [6, 6.07) is 17.1. The zero-order chi connectivity index (χ0) is 26.0. The molecule has 0 radical (unpaired) electrons. The number of amidine groups is 1. The lowest BCUT2D eigenvalue weighted by Gasteiger charge is -2.17. The highest BCUT2D eigenvalue weighted by Crippen LogP contribution is 2.39. The minimum atomic E-state index is -1.08. The van der Waals surface area contributed by atoms with Crippen molar-refractivity contribution in [3.05, 3.63) is 91.8 Å². The fourth-order valence-corrected chi connectivity index (χ4v) is 4.96. The molecule has 0 saturated carbocycles. The van der Waals surface area contributed by atoms with E-state index in [2.05, 4.69) is 15.9 Å². The van der Waals surface area contributed by atoms with Crippen LogP contribution in [0.3, 0.4) is 0 Å². The second-order valence-corrected chi connectivity index (χ2v) is 10.5. The summed E-state index contributed by atoms with van der Waals surface area (Å²) >= 11 is 4.72. The highest BCUT2D eigenvalue weighted by Gasteiger charge is 2.35. The number of carbonyl (C=O) groups excluding carboxylic acids is 1. The molecular formula is C28H25BrN2O4S. The van der Waals surface area contributed by atoms with Crippen LogP contribution in [0.15, 0.2) is 69.0 Å². The van der Waals surface area contributed by atoms with Crippen molar-refractivity contribution in [2.45, 2.75) is 27.7 Å². The number of anilines is 1. The molecule has 8 heteroatoms. The number of thioether (sulfide) groups is 1. The van der Waals surface area contributed by atoms with Crippen molar-refractivity contribution in [2.24, 2.45) is 4.99 Å². The third-order valence-electron chi connectivity index (χ3n) is 5.88. The summed E-state index contributed by atoms with van der Waals surface area (Å²) in [6.07, 6.45) is 1.71. The van der Waals surface area contributed by atoms with E-state index in [1.54, 1.807) is 29.2 Å². The van der Waals surface area contributed by atoms with Crippen molar-refractivity contribution in [3.8, 4) is 5.75 Å². The Labute approximate surface area is 222 Å². The maximum Gasteiger partial charge on any atom is 0.341 e. The van der Waals surface area contributed by atoms with Crippen LogP contribution in [0.25, 0.3) is 6.08 Å². The third kappa shape index (κ3) is 5.71. The van der Waals surface area contributed by atoms with Gasteiger partial charge in [0, 0.05) is 10.0 Å². The maximum atomic E-state index is 13.7. The number of hydrogen-bond donors (Lipinski definition) is 1. The number of carboxylic acid groups (broad SMARTS) is 1. The van der Waals surface area contributed by atoms with Gasteiger partial charge in [0.25, 0.3) is 5.91 Å². The average Bonchev–Trinajstić information content (AvgIpc) is 3.12. The SMILES string of the molecule is Cc1ccc(N=C2SC(=Cc3cc(Br)ccc3OCC(=O)O)C(=O)N2c2ccc(C)c(C)c2)cc1C. The first kappa shape index (κ1) is 25.7. The Bertz CT molecular complexity index is 1430. The minimum Gasteiger partial charge on any atom is -0.481 e. The normalized spacial score (nSPS) is 15.7. The van der Waals surface area contributed by atoms with Gasteiger partial charge in [-0.25, -0.2) is 9.79 Å². The van der Waals surface area contributed by atoms with E-state index in [1.807, 2.05) is 64.1 Å². The Hall–Kier alpha value is -3.36. The lowest BCUT2D eigenvalue weighted by molar-refractivity contribution is -0.139. The molecule has 1 saturated heterocycles. The van der Waals surface area contributed by atoms with Gasteiger partial charge in [-0.3, -0.25) is 9.69 Å². The number of aryl methyl sites for hydroxylation is 4. The molecule has 1 N–H and O–H groups in total. The molecule has 0 spiro atoms. The number of aliphatic carboxylic acids is 1. The van der Waals surface area contributed by atoms with Crippen LogP contribution in [-0.2, 0) is 9.59 Å². The van der Waals surface area contributed by atoms with Gasteiger partial charge in [-0.15, -0.1) is 0 Å². The Balaban J connectivity index is 1.80. The van der Waals surface area contributed by atoms with Crippen LogP contribution in [0.5, 0.6) is 5.75 Å². The number of nitrogens with zero attached hydrogens (tertiary/aromatic N) is 2. The first-order valence-electron chi connectivity index (χ1n) is 11.2. The highest BCUT2D eigenvalue weighted by atomic mass is 79.9. The van der Waals surface area contributed by atoms with E-state index in [0.717, 1.165) is 32.5 Å². The number of hydrogen-bond acceptors (Lipinski definition) is 5. The van der Waals surface area contributed by atoms with Gasteiger partial charge in [0.05, 0.1) is 16.3 Å². The number of halogens is 1. The summed E-state index contributed by atoms with van der Waals surface area (Å²) in [7, 11) is 0. The molecule has 1 heterocycles. The van der Waals surface area contributed by atoms with E-state index in [4.69, 9.17) is 14.8 Å². The minimum absolute atomic E-state index is 0.213. The van der Waals surface area contributed by atoms with E-state index in [1.165, 1.54) is 17.3 Å². The van der Waals surface area contributed by atoms with Gasteiger partial charge in [0.2, 0.25) is 0 Å². The zero-order valence-corrected chi connectivity index (χ0v) is 22.7. The molecule has 0 aliphatic carbocycles. The van der Waals surface area contributed by atoms with Crippen molar-refractivity contribution in [2.75, 3.05) is 11.5 Å². The second kappa shape index (κ2) is 10.7. The third-order valence-corrected chi connectivity index (χ3v) is 7.34. The standard InChI is InChI=1S/C28H25BrN2O4S/c1-16-5-8-22(11-18(16)3)30-28-31(23-9-6-17(2)19(4)12-23)27(34)25(36-28)14-20-13-21(29)7-10-24(20)35-15-26(32)33/h5-14H,15H2,1-4H3,(H,32,33). The molecule has 0 unspecified atom stereocenters. The smallest absolute Gasteiger partial charge is 0.341 e. The summed E-state index contributed by atoms with van der Waals surface area (Å²) in [5.74, 6) is -0.916.